The summed E-state index contributed by atoms with van der Waals surface area (Å²) >= 11 is 0. The maximum atomic E-state index is 12.9. The van der Waals surface area contributed by atoms with Crippen LogP contribution in [0.3, 0.4) is 0 Å². The van der Waals surface area contributed by atoms with Crippen LogP contribution in [0.4, 0.5) is 10.5 Å². The van der Waals surface area contributed by atoms with Gasteiger partial charge in [-0.25, -0.2) is 13.2 Å². The van der Waals surface area contributed by atoms with Crippen LogP contribution in [0.2, 0.25) is 0 Å². The molecule has 2 aliphatic heterocycles. The average Bonchev–Trinajstić information content (AvgIpc) is 3.49. The Hall–Kier alpha value is -3.94. The van der Waals surface area contributed by atoms with Crippen molar-refractivity contribution in [2.24, 2.45) is 23.5 Å². The van der Waals surface area contributed by atoms with Gasteiger partial charge in [0.15, 0.2) is 0 Å². The van der Waals surface area contributed by atoms with Crippen LogP contribution in [0, 0.1) is 29.1 Å². The molecule has 2 N–H and O–H groups in total. The van der Waals surface area contributed by atoms with Crippen LogP contribution in [0.5, 0.6) is 0 Å². The second-order valence-corrected chi connectivity index (χ2v) is 14.3. The number of benzene rings is 2. The number of nitrogens with zero attached hydrogens (tertiary/aromatic N) is 4. The number of likely N-dealkylation sites (tertiary alicyclic amines) is 1. The molecule has 10 heteroatoms. The lowest BCUT2D eigenvalue weighted by atomic mass is 9.59. The number of aromatic nitrogens is 1. The van der Waals surface area contributed by atoms with Crippen molar-refractivity contribution in [3.8, 4) is 6.07 Å². The van der Waals surface area contributed by atoms with Gasteiger partial charge in [-0.2, -0.15) is 5.26 Å². The highest BCUT2D eigenvalue weighted by atomic mass is 32.2. The fraction of sp³-hybridized carbons (Fsp3) is 0.441. The molecule has 1 unspecified atom stereocenters. The number of sulfone groups is 1. The summed E-state index contributed by atoms with van der Waals surface area (Å²) in [6, 6.07) is 23.0. The van der Waals surface area contributed by atoms with Gasteiger partial charge in [0, 0.05) is 49.6 Å². The molecule has 6 rings (SSSR count). The summed E-state index contributed by atoms with van der Waals surface area (Å²) in [5.74, 6) is 0.614. The number of carbonyl (C=O) groups is 1. The standard InChI is InChI=1S/C34H39N5O4S/c35-24-34(26-5-2-1-3-6-26,31-7-4-8-32(31)43-33(36)40)27-15-19-38(20-16-27)21-25-22-39(23-25)28-9-11-29(12-10-28)44(41,42)30-13-17-37-18-14-30/h1-3,5-6,9-14,17-18,25,27,31-32H,4,7-8,15-16,19-23H2,(H2,36,40)/t31-,32-,34?/m1/s1. The molecule has 3 aromatic rings. The van der Waals surface area contributed by atoms with Crippen LogP contribution < -0.4 is 10.6 Å². The molecule has 3 heterocycles. The van der Waals surface area contributed by atoms with Crippen molar-refractivity contribution in [2.75, 3.05) is 37.6 Å². The maximum absolute atomic E-state index is 12.9. The van der Waals surface area contributed by atoms with E-state index in [0.29, 0.717) is 5.92 Å². The molecule has 3 fully saturated rings. The Morgan fingerprint density at radius 2 is 1.61 bits per heavy atom. The van der Waals surface area contributed by atoms with Crippen molar-refractivity contribution in [1.82, 2.24) is 9.88 Å². The highest BCUT2D eigenvalue weighted by Gasteiger charge is 2.53. The van der Waals surface area contributed by atoms with Gasteiger partial charge >= 0.3 is 6.09 Å². The van der Waals surface area contributed by atoms with Gasteiger partial charge in [-0.1, -0.05) is 30.3 Å². The topological polar surface area (TPSA) is 130 Å². The molecule has 1 saturated carbocycles. The second-order valence-electron chi connectivity index (χ2n) is 12.4. The van der Waals surface area contributed by atoms with Crippen LogP contribution >= 0.6 is 0 Å². The van der Waals surface area contributed by atoms with Gasteiger partial charge in [0.1, 0.15) is 6.10 Å². The number of carbonyl (C=O) groups excluding carboxylic acids is 1. The Balaban J connectivity index is 1.06. The number of hydrogen-bond acceptors (Lipinski definition) is 8. The molecular weight excluding hydrogens is 574 g/mol. The highest BCUT2D eigenvalue weighted by Crippen LogP contribution is 2.51. The molecule has 0 radical (unpaired) electrons. The molecule has 0 bridgehead atoms. The molecule has 2 saturated heterocycles. The Morgan fingerprint density at radius 1 is 0.955 bits per heavy atom. The van der Waals surface area contributed by atoms with Crippen LogP contribution in [0.1, 0.15) is 37.7 Å². The summed E-state index contributed by atoms with van der Waals surface area (Å²) in [7, 11) is -3.56. The van der Waals surface area contributed by atoms with Crippen molar-refractivity contribution in [3.05, 3.63) is 84.7 Å². The van der Waals surface area contributed by atoms with E-state index in [-0.39, 0.29) is 27.7 Å². The summed E-state index contributed by atoms with van der Waals surface area (Å²) in [5, 5.41) is 10.8. The minimum atomic E-state index is -3.56. The SMILES string of the molecule is N#CC(c1ccccc1)(C1CCN(CC2CN(c3ccc(S(=O)(=O)c4ccncc4)cc3)C2)CC1)[C@@H]1CCC[C@H]1OC(N)=O. The van der Waals surface area contributed by atoms with Gasteiger partial charge in [0.25, 0.3) is 0 Å². The molecule has 2 aromatic carbocycles. The van der Waals surface area contributed by atoms with Gasteiger partial charge in [-0.15, -0.1) is 0 Å². The Bertz CT molecular complexity index is 1580. The predicted molar refractivity (Wildman–Crippen MR) is 167 cm³/mol. The van der Waals surface area contributed by atoms with Crippen molar-refractivity contribution in [3.63, 3.8) is 0 Å². The van der Waals surface area contributed by atoms with Crippen LogP contribution in [-0.2, 0) is 20.0 Å². The third-order valence-corrected chi connectivity index (χ3v) is 11.7. The zero-order valence-electron chi connectivity index (χ0n) is 24.8. The summed E-state index contributed by atoms with van der Waals surface area (Å²) in [6.45, 7) is 4.70. The summed E-state index contributed by atoms with van der Waals surface area (Å²) in [4.78, 5) is 20.9. The molecule has 44 heavy (non-hydrogen) atoms. The minimum absolute atomic E-state index is 0.0785. The number of nitriles is 1. The molecule has 230 valence electrons. The number of hydrogen-bond donors (Lipinski definition) is 1. The summed E-state index contributed by atoms with van der Waals surface area (Å²) < 4.78 is 31.4. The zero-order chi connectivity index (χ0) is 30.7. The van der Waals surface area contributed by atoms with E-state index in [1.54, 1.807) is 12.1 Å². The maximum Gasteiger partial charge on any atom is 0.404 e. The lowest BCUT2D eigenvalue weighted by Gasteiger charge is -2.47. The quantitative estimate of drug-likeness (QED) is 0.365. The Labute approximate surface area is 259 Å². The number of anilines is 1. The van der Waals surface area contributed by atoms with E-state index in [0.717, 1.165) is 76.1 Å². The van der Waals surface area contributed by atoms with Gasteiger partial charge in [-0.05, 0) is 93.1 Å². The lowest BCUT2D eigenvalue weighted by molar-refractivity contribution is 0.0337. The third-order valence-electron chi connectivity index (χ3n) is 9.92. The molecule has 0 spiro atoms. The fourth-order valence-electron chi connectivity index (χ4n) is 7.76. The molecule has 1 aromatic heterocycles. The monoisotopic (exact) mass is 613 g/mol. The average molecular weight is 614 g/mol. The molecular formula is C34H39N5O4S. The number of pyridine rings is 1. The van der Waals surface area contributed by atoms with Crippen LogP contribution in [-0.4, -0.2) is 63.2 Å². The first-order valence-corrected chi connectivity index (χ1v) is 16.9. The predicted octanol–water partition coefficient (Wildman–Crippen LogP) is 4.79. The van der Waals surface area contributed by atoms with Gasteiger partial charge in [0.2, 0.25) is 9.84 Å². The first-order chi connectivity index (χ1) is 21.3. The molecule has 9 nitrogen and oxygen atoms in total. The lowest BCUT2D eigenvalue weighted by Crippen LogP contribution is -2.54. The smallest absolute Gasteiger partial charge is 0.404 e. The van der Waals surface area contributed by atoms with E-state index in [1.807, 2.05) is 30.3 Å². The van der Waals surface area contributed by atoms with Crippen LogP contribution in [0.25, 0.3) is 0 Å². The molecule has 1 aliphatic carbocycles. The first kappa shape index (κ1) is 30.1. The fourth-order valence-corrected chi connectivity index (χ4v) is 9.01. The highest BCUT2D eigenvalue weighted by molar-refractivity contribution is 7.91. The minimum Gasteiger partial charge on any atom is -0.446 e. The number of ether oxygens (including phenoxy) is 1. The zero-order valence-corrected chi connectivity index (χ0v) is 25.6. The van der Waals surface area contributed by atoms with E-state index in [1.165, 1.54) is 24.5 Å². The van der Waals surface area contributed by atoms with E-state index in [4.69, 9.17) is 10.5 Å². The van der Waals surface area contributed by atoms with Crippen molar-refractivity contribution in [1.29, 1.82) is 5.26 Å². The third kappa shape index (κ3) is 5.78. The van der Waals surface area contributed by atoms with Crippen molar-refractivity contribution >= 4 is 21.6 Å². The second kappa shape index (κ2) is 12.6. The van der Waals surface area contributed by atoms with Crippen molar-refractivity contribution in [2.45, 2.75) is 53.4 Å². The van der Waals surface area contributed by atoms with Gasteiger partial charge in [-0.3, -0.25) is 4.98 Å². The number of amides is 1. The Kier molecular flexibility index (Phi) is 8.61. The van der Waals surface area contributed by atoms with E-state index in [2.05, 4.69) is 33.0 Å². The molecule has 3 atom stereocenters. The number of piperidine rings is 1. The summed E-state index contributed by atoms with van der Waals surface area (Å²) in [6.07, 6.45) is 6.18. The van der Waals surface area contributed by atoms with E-state index >= 15 is 0 Å². The number of rotatable bonds is 9. The normalized spacial score (nSPS) is 22.9. The van der Waals surface area contributed by atoms with E-state index < -0.39 is 21.3 Å². The van der Waals surface area contributed by atoms with Crippen molar-refractivity contribution < 1.29 is 17.9 Å². The van der Waals surface area contributed by atoms with Gasteiger partial charge < -0.3 is 20.3 Å². The molecule has 1 amide bonds. The first-order valence-electron chi connectivity index (χ1n) is 15.5. The molecule has 3 aliphatic rings. The van der Waals surface area contributed by atoms with Gasteiger partial charge in [0.05, 0.1) is 21.3 Å². The number of primary amides is 1. The summed E-state index contributed by atoms with van der Waals surface area (Å²) in [5.41, 5.74) is 6.75. The number of nitrogens with two attached hydrogens (primary N) is 1. The van der Waals surface area contributed by atoms with Crippen LogP contribution in [0.15, 0.2) is 88.9 Å². The Morgan fingerprint density at radius 3 is 2.25 bits per heavy atom. The van der Waals surface area contributed by atoms with E-state index in [9.17, 15) is 18.5 Å². The largest absolute Gasteiger partial charge is 0.446 e.